The molecule has 4 heteroatoms. The van der Waals surface area contributed by atoms with Gasteiger partial charge in [0.05, 0.1) is 6.04 Å². The van der Waals surface area contributed by atoms with Crippen molar-refractivity contribution in [2.75, 3.05) is 9.80 Å². The topological polar surface area (TPSA) is 6.48 Å². The molecular formula is C62H77BN2S. The Labute approximate surface area is 404 Å². The quantitative estimate of drug-likeness (QED) is 0.163. The van der Waals surface area contributed by atoms with Crippen molar-refractivity contribution in [2.24, 2.45) is 0 Å². The molecule has 0 N–H and O–H groups in total. The Balaban J connectivity index is 1.24. The van der Waals surface area contributed by atoms with E-state index in [-0.39, 0.29) is 55.8 Å². The fourth-order valence-corrected chi connectivity index (χ4v) is 15.4. The smallest absolute Gasteiger partial charge is 0.233 e. The number of hydrogen-bond acceptors (Lipinski definition) is 3. The third-order valence-electron chi connectivity index (χ3n) is 18.6. The molecule has 11 rings (SSSR count). The maximum Gasteiger partial charge on any atom is 0.233 e. The van der Waals surface area contributed by atoms with Crippen molar-refractivity contribution in [3.05, 3.63) is 128 Å². The van der Waals surface area contributed by atoms with Crippen LogP contribution in [0, 0.1) is 13.8 Å². The van der Waals surface area contributed by atoms with Crippen LogP contribution in [0.25, 0.3) is 0 Å². The van der Waals surface area contributed by atoms with Crippen LogP contribution in [0.3, 0.4) is 0 Å². The minimum atomic E-state index is 0.0674. The number of fused-ring (bicyclic) bond motifs is 9. The van der Waals surface area contributed by atoms with Crippen LogP contribution in [0.4, 0.5) is 28.4 Å². The summed E-state index contributed by atoms with van der Waals surface area (Å²) >= 11 is 2.21. The van der Waals surface area contributed by atoms with Crippen molar-refractivity contribution in [3.63, 3.8) is 0 Å². The van der Waals surface area contributed by atoms with E-state index >= 15 is 0 Å². The fraction of sp³-hybridized carbons (Fsp3) is 0.516. The Morgan fingerprint density at radius 1 is 0.515 bits per heavy atom. The normalized spacial score (nSPS) is 24.0. The molecule has 5 aromatic carbocycles. The number of nitrogens with zero attached hydrogens (tertiary/aromatic N) is 2. The van der Waals surface area contributed by atoms with Crippen molar-refractivity contribution in [3.8, 4) is 0 Å². The zero-order valence-electron chi connectivity index (χ0n) is 43.7. The van der Waals surface area contributed by atoms with E-state index in [1.165, 1.54) is 122 Å². The molecule has 66 heavy (non-hydrogen) atoms. The van der Waals surface area contributed by atoms with Gasteiger partial charge in [-0.1, -0.05) is 134 Å². The van der Waals surface area contributed by atoms with Gasteiger partial charge < -0.3 is 9.80 Å². The second kappa shape index (κ2) is 13.9. The van der Waals surface area contributed by atoms with E-state index in [1.807, 2.05) is 0 Å². The average Bonchev–Trinajstić information content (AvgIpc) is 3.60. The van der Waals surface area contributed by atoms with Gasteiger partial charge in [-0.15, -0.1) is 11.8 Å². The molecule has 5 aromatic rings. The van der Waals surface area contributed by atoms with E-state index < -0.39 is 0 Å². The van der Waals surface area contributed by atoms with E-state index in [0.717, 1.165) is 0 Å². The van der Waals surface area contributed by atoms with E-state index in [9.17, 15) is 0 Å². The van der Waals surface area contributed by atoms with Gasteiger partial charge in [0.2, 0.25) is 6.71 Å². The SMILES string of the molecule is Cc1cc2c3c(c1)N(c1ccc4c(c1)C(C)(C)CCC4(C)C)C1c4cc5c(cc4SC1B3c1cc3c(cc1N2c1ccc(C(C)(C)C)cc1C)C(C)(C)CCC3(C)C)C(C)(C)CCC5(C)C. The second-order valence-electron chi connectivity index (χ2n) is 27.1. The number of hydrogen-bond donors (Lipinski definition) is 0. The predicted octanol–water partition coefficient (Wildman–Crippen LogP) is 15.9. The summed E-state index contributed by atoms with van der Waals surface area (Å²) in [6.07, 6.45) is 7.28. The lowest BCUT2D eigenvalue weighted by molar-refractivity contribution is 0.330. The molecule has 0 amide bonds. The Morgan fingerprint density at radius 2 is 1.03 bits per heavy atom. The van der Waals surface area contributed by atoms with E-state index in [0.29, 0.717) is 0 Å². The van der Waals surface area contributed by atoms with E-state index in [1.54, 1.807) is 16.7 Å². The lowest BCUT2D eigenvalue weighted by Crippen LogP contribution is -2.63. The highest BCUT2D eigenvalue weighted by Crippen LogP contribution is 2.60. The van der Waals surface area contributed by atoms with Crippen LogP contribution in [0.2, 0.25) is 0 Å². The van der Waals surface area contributed by atoms with Crippen LogP contribution in [0.5, 0.6) is 0 Å². The van der Waals surface area contributed by atoms with Crippen LogP contribution in [0.15, 0.2) is 77.7 Å². The van der Waals surface area contributed by atoms with Crippen LogP contribution in [-0.4, -0.2) is 11.9 Å². The van der Waals surface area contributed by atoms with Crippen LogP contribution in [-0.2, 0) is 37.9 Å². The minimum absolute atomic E-state index is 0.0674. The van der Waals surface area contributed by atoms with Gasteiger partial charge in [0.15, 0.2) is 0 Å². The number of thioether (sulfide) groups is 1. The molecule has 0 bridgehead atoms. The van der Waals surface area contributed by atoms with Gasteiger partial charge in [-0.25, -0.2) is 0 Å². The van der Waals surface area contributed by atoms with Gasteiger partial charge in [-0.3, -0.25) is 0 Å². The maximum absolute atomic E-state index is 2.88. The van der Waals surface area contributed by atoms with Gasteiger partial charge in [0.1, 0.15) is 0 Å². The van der Waals surface area contributed by atoms with Crippen molar-refractivity contribution in [1.29, 1.82) is 0 Å². The molecule has 3 aliphatic carbocycles. The lowest BCUT2D eigenvalue weighted by Gasteiger charge is -2.51. The fourth-order valence-electron chi connectivity index (χ4n) is 13.8. The first-order valence-electron chi connectivity index (χ1n) is 25.7. The molecule has 0 fully saturated rings. The number of aryl methyl sites for hydroxylation is 2. The Bertz CT molecular complexity index is 2900. The van der Waals surface area contributed by atoms with Gasteiger partial charge in [0, 0.05) is 38.5 Å². The summed E-state index contributed by atoms with van der Waals surface area (Å²) in [5.74, 6) is 0. The highest BCUT2D eigenvalue weighted by atomic mass is 32.2. The summed E-state index contributed by atoms with van der Waals surface area (Å²) in [5, 5.41) is 0.285. The Hall–Kier alpha value is -3.89. The van der Waals surface area contributed by atoms with Crippen LogP contribution >= 0.6 is 11.8 Å². The largest absolute Gasteiger partial charge is 0.334 e. The van der Waals surface area contributed by atoms with Gasteiger partial charge >= 0.3 is 0 Å². The predicted molar refractivity (Wildman–Crippen MR) is 288 cm³/mol. The Kier molecular flexibility index (Phi) is 9.39. The first-order chi connectivity index (χ1) is 30.6. The molecule has 2 nitrogen and oxygen atoms in total. The molecule has 3 heterocycles. The first kappa shape index (κ1) is 44.6. The van der Waals surface area contributed by atoms with Crippen LogP contribution in [0.1, 0.15) is 204 Å². The monoisotopic (exact) mass is 893 g/mol. The molecule has 344 valence electrons. The van der Waals surface area contributed by atoms with E-state index in [4.69, 9.17) is 0 Å². The zero-order chi connectivity index (χ0) is 47.2. The van der Waals surface area contributed by atoms with Crippen molar-refractivity contribution in [1.82, 2.24) is 0 Å². The molecule has 0 saturated carbocycles. The summed E-state index contributed by atoms with van der Waals surface area (Å²) in [7, 11) is 0. The standard InChI is InChI=1S/C62H77BN2S/c1-36-28-50-53-51(29-36)65(48-21-18-38(30-37(48)2)56(3,4)5)49-34-45-44(60(12,13)25-26-61(45,14)15)33-47(49)63(53)55-54(40-32-43-46(35-52(40)66-55)62(16,17)27-24-59(43,10)11)64(50)39-19-20-41-42(31-39)58(8,9)23-22-57(41,6)7/h18-21,28-35,54-55H,22-27H2,1-17H3. The minimum Gasteiger partial charge on any atom is -0.334 e. The maximum atomic E-state index is 2.88. The third-order valence-corrected chi connectivity index (χ3v) is 20.0. The molecule has 0 radical (unpaired) electrons. The van der Waals surface area contributed by atoms with Crippen LogP contribution < -0.4 is 20.7 Å². The molecule has 0 aromatic heterocycles. The molecular weight excluding hydrogens is 816 g/mol. The average molecular weight is 893 g/mol. The molecule has 2 unspecified atom stereocenters. The number of anilines is 5. The summed E-state index contributed by atoms with van der Waals surface area (Å²) in [5.41, 5.74) is 25.5. The van der Waals surface area contributed by atoms with Crippen molar-refractivity contribution >= 4 is 57.8 Å². The number of benzene rings is 5. The molecule has 3 aliphatic heterocycles. The zero-order valence-corrected chi connectivity index (χ0v) is 44.5. The molecule has 6 aliphatic rings. The highest BCUT2D eigenvalue weighted by molar-refractivity contribution is 8.02. The second-order valence-corrected chi connectivity index (χ2v) is 28.3. The molecule has 0 saturated heterocycles. The summed E-state index contributed by atoms with van der Waals surface area (Å²) < 4.78 is 0. The highest BCUT2D eigenvalue weighted by Gasteiger charge is 2.56. The Morgan fingerprint density at radius 3 is 1.61 bits per heavy atom. The van der Waals surface area contributed by atoms with Crippen molar-refractivity contribution < 1.29 is 0 Å². The van der Waals surface area contributed by atoms with Gasteiger partial charge in [0.25, 0.3) is 0 Å². The van der Waals surface area contributed by atoms with Crippen molar-refractivity contribution in [2.45, 2.75) is 210 Å². The van der Waals surface area contributed by atoms with Gasteiger partial charge in [-0.05, 0) is 199 Å². The lowest BCUT2D eigenvalue weighted by atomic mass is 9.33. The molecule has 2 atom stereocenters. The first-order valence-corrected chi connectivity index (χ1v) is 26.5. The molecule has 0 spiro atoms. The summed E-state index contributed by atoms with van der Waals surface area (Å²) in [4.78, 5) is 7.11. The van der Waals surface area contributed by atoms with E-state index in [2.05, 4.69) is 212 Å². The summed E-state index contributed by atoms with van der Waals surface area (Å²) in [6.45, 7) is 42.0. The number of rotatable bonds is 2. The van der Waals surface area contributed by atoms with Gasteiger partial charge in [-0.2, -0.15) is 0 Å². The summed E-state index contributed by atoms with van der Waals surface area (Å²) in [6, 6.07) is 31.2. The third kappa shape index (κ3) is 6.40.